The van der Waals surface area contributed by atoms with Crippen molar-refractivity contribution in [2.45, 2.75) is 64.7 Å². The van der Waals surface area contributed by atoms with Crippen molar-refractivity contribution in [3.8, 4) is 0 Å². The maximum absolute atomic E-state index is 12.1. The summed E-state index contributed by atoms with van der Waals surface area (Å²) in [6, 6.07) is 0. The fraction of sp³-hybridized carbons (Fsp3) is 0.933. The van der Waals surface area contributed by atoms with E-state index in [-0.39, 0.29) is 0 Å². The molecule has 1 unspecified atom stereocenters. The molecule has 2 rings (SSSR count). The Morgan fingerprint density at radius 2 is 1.88 bits per heavy atom. The summed E-state index contributed by atoms with van der Waals surface area (Å²) in [5, 5.41) is 3.02. The van der Waals surface area contributed by atoms with E-state index in [1.807, 2.05) is 6.92 Å². The highest BCUT2D eigenvalue weighted by Crippen LogP contribution is 2.37. The second kappa shape index (κ2) is 6.42. The average molecular weight is 237 g/mol. The molecular weight excluding hydrogens is 210 g/mol. The summed E-state index contributed by atoms with van der Waals surface area (Å²) in [6.45, 7) is 2.80. The van der Waals surface area contributed by atoms with Gasteiger partial charge < -0.3 is 5.32 Å². The number of hydrogen-bond donors (Lipinski definition) is 1. The van der Waals surface area contributed by atoms with E-state index in [4.69, 9.17) is 0 Å². The first-order chi connectivity index (χ1) is 8.29. The molecule has 0 saturated heterocycles. The van der Waals surface area contributed by atoms with Crippen LogP contribution < -0.4 is 5.32 Å². The summed E-state index contributed by atoms with van der Waals surface area (Å²) < 4.78 is 0. The zero-order chi connectivity index (χ0) is 12.1. The van der Waals surface area contributed by atoms with Gasteiger partial charge in [-0.05, 0) is 38.0 Å². The van der Waals surface area contributed by atoms with Crippen LogP contribution in [0.3, 0.4) is 0 Å². The fourth-order valence-corrected chi connectivity index (χ4v) is 3.17. The Morgan fingerprint density at radius 1 is 1.18 bits per heavy atom. The Hall–Kier alpha value is -0.530. The second-order valence-electron chi connectivity index (χ2n) is 6.00. The molecule has 0 heterocycles. The third kappa shape index (κ3) is 4.33. The predicted molar refractivity (Wildman–Crippen MR) is 70.7 cm³/mol. The quantitative estimate of drug-likeness (QED) is 0.721. The largest absolute Gasteiger partial charge is 0.356 e. The number of carbonyl (C=O) groups is 1. The van der Waals surface area contributed by atoms with Crippen LogP contribution in [0.1, 0.15) is 64.7 Å². The van der Waals surface area contributed by atoms with Gasteiger partial charge in [-0.1, -0.05) is 38.5 Å². The van der Waals surface area contributed by atoms with Gasteiger partial charge in [0.15, 0.2) is 0 Å². The summed E-state index contributed by atoms with van der Waals surface area (Å²) in [7, 11) is 0. The number of hydrogen-bond acceptors (Lipinski definition) is 1. The Kier molecular flexibility index (Phi) is 4.87. The highest BCUT2D eigenvalue weighted by atomic mass is 16.1. The molecule has 0 bridgehead atoms. The van der Waals surface area contributed by atoms with E-state index in [1.165, 1.54) is 44.9 Å². The monoisotopic (exact) mass is 237 g/mol. The molecule has 1 amide bonds. The summed E-state index contributed by atoms with van der Waals surface area (Å²) in [6.07, 6.45) is 11.9. The molecule has 0 radical (unpaired) electrons. The number of nitrogens with one attached hydrogen (secondary N) is 1. The van der Waals surface area contributed by atoms with Crippen LogP contribution in [-0.4, -0.2) is 12.5 Å². The van der Waals surface area contributed by atoms with Crippen LogP contribution in [0.25, 0.3) is 0 Å². The fourth-order valence-electron chi connectivity index (χ4n) is 3.17. The Labute approximate surface area is 106 Å². The Morgan fingerprint density at radius 3 is 2.47 bits per heavy atom. The standard InChI is InChI=1S/C15H27NO/c1-2-16-15(17)14(10-9-12-7-8-12)11-13-5-3-4-6-13/h12-14H,2-11H2,1H3,(H,16,17). The van der Waals surface area contributed by atoms with Gasteiger partial charge in [-0.15, -0.1) is 0 Å². The number of rotatable bonds is 7. The molecule has 1 N–H and O–H groups in total. The third-order valence-corrected chi connectivity index (χ3v) is 4.43. The van der Waals surface area contributed by atoms with Gasteiger partial charge in [-0.25, -0.2) is 0 Å². The van der Waals surface area contributed by atoms with Crippen molar-refractivity contribution in [3.05, 3.63) is 0 Å². The third-order valence-electron chi connectivity index (χ3n) is 4.43. The molecule has 2 fully saturated rings. The van der Waals surface area contributed by atoms with Gasteiger partial charge in [0, 0.05) is 12.5 Å². The molecule has 0 aliphatic heterocycles. The van der Waals surface area contributed by atoms with Gasteiger partial charge in [-0.2, -0.15) is 0 Å². The minimum Gasteiger partial charge on any atom is -0.356 e. The van der Waals surface area contributed by atoms with Crippen LogP contribution in [0.5, 0.6) is 0 Å². The molecule has 17 heavy (non-hydrogen) atoms. The van der Waals surface area contributed by atoms with E-state index in [0.717, 1.165) is 31.2 Å². The summed E-state index contributed by atoms with van der Waals surface area (Å²) in [5.41, 5.74) is 0. The lowest BCUT2D eigenvalue weighted by atomic mass is 9.88. The molecule has 2 aliphatic rings. The molecule has 1 atom stereocenters. The van der Waals surface area contributed by atoms with Crippen molar-refractivity contribution >= 4 is 5.91 Å². The summed E-state index contributed by atoms with van der Waals surface area (Å²) in [4.78, 5) is 12.1. The lowest BCUT2D eigenvalue weighted by molar-refractivity contribution is -0.125. The van der Waals surface area contributed by atoms with Crippen molar-refractivity contribution in [2.24, 2.45) is 17.8 Å². The van der Waals surface area contributed by atoms with E-state index < -0.39 is 0 Å². The van der Waals surface area contributed by atoms with E-state index >= 15 is 0 Å². The van der Waals surface area contributed by atoms with Crippen molar-refractivity contribution in [2.75, 3.05) is 6.54 Å². The van der Waals surface area contributed by atoms with Crippen LogP contribution in [0.2, 0.25) is 0 Å². The van der Waals surface area contributed by atoms with Crippen LogP contribution in [-0.2, 0) is 4.79 Å². The molecule has 98 valence electrons. The van der Waals surface area contributed by atoms with Crippen LogP contribution >= 0.6 is 0 Å². The van der Waals surface area contributed by atoms with E-state index in [2.05, 4.69) is 5.32 Å². The highest BCUT2D eigenvalue weighted by Gasteiger charge is 2.28. The molecular formula is C15H27NO. The zero-order valence-corrected chi connectivity index (χ0v) is 11.2. The summed E-state index contributed by atoms with van der Waals surface area (Å²) in [5.74, 6) is 2.41. The molecule has 2 nitrogen and oxygen atoms in total. The van der Waals surface area contributed by atoms with E-state index in [1.54, 1.807) is 0 Å². The maximum atomic E-state index is 12.1. The minimum atomic E-state index is 0.304. The predicted octanol–water partition coefficient (Wildman–Crippen LogP) is 3.51. The van der Waals surface area contributed by atoms with Gasteiger partial charge in [0.2, 0.25) is 5.91 Å². The summed E-state index contributed by atoms with van der Waals surface area (Å²) >= 11 is 0. The Balaban J connectivity index is 1.78. The average Bonchev–Trinajstić information content (AvgIpc) is 3.00. The van der Waals surface area contributed by atoms with Crippen molar-refractivity contribution in [3.63, 3.8) is 0 Å². The molecule has 0 aromatic rings. The van der Waals surface area contributed by atoms with Gasteiger partial charge in [0.05, 0.1) is 0 Å². The molecule has 2 aliphatic carbocycles. The Bertz CT molecular complexity index is 241. The lowest BCUT2D eigenvalue weighted by Gasteiger charge is -2.19. The second-order valence-corrected chi connectivity index (χ2v) is 6.00. The lowest BCUT2D eigenvalue weighted by Crippen LogP contribution is -2.31. The van der Waals surface area contributed by atoms with Crippen molar-refractivity contribution in [1.29, 1.82) is 0 Å². The van der Waals surface area contributed by atoms with Crippen LogP contribution in [0, 0.1) is 17.8 Å². The smallest absolute Gasteiger partial charge is 0.223 e. The first-order valence-electron chi connectivity index (χ1n) is 7.57. The van der Waals surface area contributed by atoms with Gasteiger partial charge >= 0.3 is 0 Å². The molecule has 0 aromatic heterocycles. The van der Waals surface area contributed by atoms with Crippen LogP contribution in [0.15, 0.2) is 0 Å². The first-order valence-corrected chi connectivity index (χ1v) is 7.57. The van der Waals surface area contributed by atoms with Gasteiger partial charge in [0.25, 0.3) is 0 Å². The number of carbonyl (C=O) groups excluding carboxylic acids is 1. The minimum absolute atomic E-state index is 0.304. The molecule has 0 spiro atoms. The maximum Gasteiger partial charge on any atom is 0.223 e. The van der Waals surface area contributed by atoms with E-state index in [0.29, 0.717) is 11.8 Å². The van der Waals surface area contributed by atoms with Crippen LogP contribution in [0.4, 0.5) is 0 Å². The molecule has 2 heteroatoms. The first kappa shape index (κ1) is 12.9. The highest BCUT2D eigenvalue weighted by molar-refractivity contribution is 5.78. The van der Waals surface area contributed by atoms with E-state index in [9.17, 15) is 4.79 Å². The number of amides is 1. The van der Waals surface area contributed by atoms with Crippen molar-refractivity contribution in [1.82, 2.24) is 5.32 Å². The molecule has 0 aromatic carbocycles. The zero-order valence-electron chi connectivity index (χ0n) is 11.2. The van der Waals surface area contributed by atoms with Gasteiger partial charge in [-0.3, -0.25) is 4.79 Å². The van der Waals surface area contributed by atoms with Gasteiger partial charge in [0.1, 0.15) is 0 Å². The topological polar surface area (TPSA) is 29.1 Å². The van der Waals surface area contributed by atoms with Crippen molar-refractivity contribution < 1.29 is 4.79 Å². The normalized spacial score (nSPS) is 22.6. The molecule has 2 saturated carbocycles. The SMILES string of the molecule is CCNC(=O)C(CCC1CC1)CC1CCCC1.